The van der Waals surface area contributed by atoms with Gasteiger partial charge in [-0.15, -0.1) is 0 Å². The van der Waals surface area contributed by atoms with Gasteiger partial charge >= 0.3 is 11.7 Å². The van der Waals surface area contributed by atoms with Crippen LogP contribution in [0.4, 0.5) is 10.2 Å². The number of hydrogen-bond donors (Lipinski definition) is 1. The lowest BCUT2D eigenvalue weighted by molar-refractivity contribution is 0.0469. The number of carbonyl (C=O) groups is 2. The summed E-state index contributed by atoms with van der Waals surface area (Å²) < 4.78 is 25.9. The monoisotopic (exact) mass is 483 g/mol. The van der Waals surface area contributed by atoms with Gasteiger partial charge in [-0.3, -0.25) is 18.7 Å². The molecule has 0 saturated heterocycles. The minimum Gasteiger partial charge on any atom is -0.488 e. The molecule has 0 aliphatic rings. The van der Waals surface area contributed by atoms with Crippen LogP contribution >= 0.6 is 0 Å². The van der Waals surface area contributed by atoms with Gasteiger partial charge in [0.15, 0.2) is 6.61 Å². The molecule has 0 radical (unpaired) electrons. The first-order chi connectivity index (χ1) is 16.6. The van der Waals surface area contributed by atoms with Gasteiger partial charge in [0.2, 0.25) is 5.78 Å². The summed E-state index contributed by atoms with van der Waals surface area (Å²) in [4.78, 5) is 50.5. The van der Waals surface area contributed by atoms with Crippen LogP contribution in [0.25, 0.3) is 0 Å². The fourth-order valence-electron chi connectivity index (χ4n) is 3.37. The third-order valence-electron chi connectivity index (χ3n) is 5.16. The Labute approximate surface area is 200 Å². The van der Waals surface area contributed by atoms with Crippen molar-refractivity contribution >= 4 is 17.6 Å². The summed E-state index contributed by atoms with van der Waals surface area (Å²) in [6.45, 7) is 3.24. The lowest BCUT2D eigenvalue weighted by Crippen LogP contribution is -2.43. The molecule has 3 aromatic rings. The molecule has 2 N–H and O–H groups in total. The van der Waals surface area contributed by atoms with Crippen molar-refractivity contribution in [3.8, 4) is 5.75 Å². The van der Waals surface area contributed by atoms with Gasteiger partial charge in [-0.05, 0) is 35.7 Å². The zero-order valence-electron chi connectivity index (χ0n) is 19.6. The highest BCUT2D eigenvalue weighted by Gasteiger charge is 2.24. The van der Waals surface area contributed by atoms with Gasteiger partial charge in [-0.2, -0.15) is 0 Å². The third-order valence-corrected chi connectivity index (χ3v) is 5.16. The molecule has 0 aliphatic heterocycles. The number of nitrogens with two attached hydrogens (primary N) is 1. The molecule has 0 aliphatic carbocycles. The number of nitrogens with zero attached hydrogens (tertiary/aromatic N) is 2. The van der Waals surface area contributed by atoms with Crippen LogP contribution < -0.4 is 21.7 Å². The molecule has 0 spiro atoms. The van der Waals surface area contributed by atoms with E-state index < -0.39 is 35.2 Å². The number of carbonyl (C=O) groups excluding carboxylic acids is 2. The molecular formula is C25H26FN3O6. The molecule has 2 aromatic carbocycles. The summed E-state index contributed by atoms with van der Waals surface area (Å²) >= 11 is 0. The molecule has 9 nitrogen and oxygen atoms in total. The van der Waals surface area contributed by atoms with Gasteiger partial charge in [0, 0.05) is 13.6 Å². The van der Waals surface area contributed by atoms with Crippen molar-refractivity contribution in [1.29, 1.82) is 0 Å². The van der Waals surface area contributed by atoms with E-state index in [1.54, 1.807) is 30.3 Å². The van der Waals surface area contributed by atoms with Gasteiger partial charge < -0.3 is 15.2 Å². The Morgan fingerprint density at radius 2 is 1.71 bits per heavy atom. The normalized spacial score (nSPS) is 10.9. The van der Waals surface area contributed by atoms with Gasteiger partial charge in [0.05, 0.1) is 0 Å². The molecule has 0 atom stereocenters. The Morgan fingerprint density at radius 3 is 2.37 bits per heavy atom. The van der Waals surface area contributed by atoms with Crippen molar-refractivity contribution in [2.24, 2.45) is 13.0 Å². The number of benzene rings is 2. The van der Waals surface area contributed by atoms with E-state index in [9.17, 15) is 23.6 Å². The highest BCUT2D eigenvalue weighted by molar-refractivity contribution is 6.02. The maximum atomic E-state index is 13.1. The van der Waals surface area contributed by atoms with Gasteiger partial charge in [-0.25, -0.2) is 14.0 Å². The molecule has 0 saturated carbocycles. The Hall–Kier alpha value is -4.21. The summed E-state index contributed by atoms with van der Waals surface area (Å²) in [5, 5.41) is 0. The summed E-state index contributed by atoms with van der Waals surface area (Å²) in [7, 11) is 1.25. The minimum absolute atomic E-state index is 0.0275. The number of ketones is 1. The smallest absolute Gasteiger partial charge is 0.342 e. The maximum absolute atomic E-state index is 13.1. The van der Waals surface area contributed by atoms with Crippen LogP contribution in [0.2, 0.25) is 0 Å². The molecule has 1 aromatic heterocycles. The predicted molar refractivity (Wildman–Crippen MR) is 127 cm³/mol. The van der Waals surface area contributed by atoms with Crippen molar-refractivity contribution in [3.63, 3.8) is 0 Å². The number of rotatable bonds is 9. The zero-order chi connectivity index (χ0) is 25.7. The number of Topliss-reactive ketones (excluding diaryl/α,β-unsaturated/α-hetero) is 1. The van der Waals surface area contributed by atoms with Gasteiger partial charge in [0.1, 0.15) is 35.1 Å². The molecular weight excluding hydrogens is 457 g/mol. The Kier molecular flexibility index (Phi) is 7.85. The minimum atomic E-state index is -0.864. The van der Waals surface area contributed by atoms with Gasteiger partial charge in [0.25, 0.3) is 5.56 Å². The lowest BCUT2D eigenvalue weighted by Gasteiger charge is -2.16. The van der Waals surface area contributed by atoms with Crippen molar-refractivity contribution < 1.29 is 23.5 Å². The average Bonchev–Trinajstić information content (AvgIpc) is 2.83. The molecule has 0 unspecified atom stereocenters. The fourth-order valence-corrected chi connectivity index (χ4v) is 3.37. The second kappa shape index (κ2) is 10.8. The molecule has 0 fully saturated rings. The number of hydrogen-bond acceptors (Lipinski definition) is 7. The number of esters is 1. The zero-order valence-corrected chi connectivity index (χ0v) is 19.6. The first kappa shape index (κ1) is 25.4. The third kappa shape index (κ3) is 5.84. The number of nitrogen functional groups attached to an aromatic ring is 1. The Bertz CT molecular complexity index is 1360. The number of ether oxygens (including phenoxy) is 2. The van der Waals surface area contributed by atoms with E-state index in [4.69, 9.17) is 15.2 Å². The quantitative estimate of drug-likeness (QED) is 0.367. The fraction of sp³-hybridized carbons (Fsp3) is 0.280. The first-order valence-corrected chi connectivity index (χ1v) is 10.9. The second-order valence-electron chi connectivity index (χ2n) is 8.32. The van der Waals surface area contributed by atoms with Crippen LogP contribution in [0.15, 0.2) is 58.1 Å². The molecule has 0 amide bonds. The summed E-state index contributed by atoms with van der Waals surface area (Å²) in [5.41, 5.74) is 4.83. The molecule has 184 valence electrons. The molecule has 3 rings (SSSR count). The number of aromatic nitrogens is 2. The number of anilines is 1. The van der Waals surface area contributed by atoms with Crippen LogP contribution in [0.1, 0.15) is 40.1 Å². The van der Waals surface area contributed by atoms with Crippen molar-refractivity contribution in [3.05, 3.63) is 91.9 Å². The Balaban J connectivity index is 1.77. The standard InChI is InChI=1S/C25H26FN3O6/c1-15(2)12-29-22(27)21(23(31)28(3)25(29)33)19(30)14-35-24(32)18-6-4-5-7-20(18)34-13-16-8-10-17(26)11-9-16/h4-11,15H,12-14,27H2,1-3H3. The molecule has 10 heteroatoms. The van der Waals surface area contributed by atoms with E-state index in [1.807, 2.05) is 13.8 Å². The first-order valence-electron chi connectivity index (χ1n) is 10.9. The van der Waals surface area contributed by atoms with Crippen LogP contribution in [0, 0.1) is 11.7 Å². The Morgan fingerprint density at radius 1 is 1.06 bits per heavy atom. The van der Waals surface area contributed by atoms with Crippen molar-refractivity contribution in [2.75, 3.05) is 12.3 Å². The second-order valence-corrected chi connectivity index (χ2v) is 8.32. The van der Waals surface area contributed by atoms with E-state index in [0.29, 0.717) is 5.56 Å². The summed E-state index contributed by atoms with van der Waals surface area (Å²) in [6, 6.07) is 12.0. The number of para-hydroxylation sites is 1. The van der Waals surface area contributed by atoms with E-state index in [0.717, 1.165) is 9.13 Å². The van der Waals surface area contributed by atoms with E-state index in [1.165, 1.54) is 25.2 Å². The van der Waals surface area contributed by atoms with Crippen LogP contribution in [-0.2, 0) is 24.9 Å². The van der Waals surface area contributed by atoms with Crippen LogP contribution in [-0.4, -0.2) is 27.5 Å². The topological polar surface area (TPSA) is 123 Å². The highest BCUT2D eigenvalue weighted by atomic mass is 19.1. The predicted octanol–water partition coefficient (Wildman–Crippen LogP) is 2.54. The summed E-state index contributed by atoms with van der Waals surface area (Å²) in [6.07, 6.45) is 0. The van der Waals surface area contributed by atoms with E-state index >= 15 is 0 Å². The molecule has 35 heavy (non-hydrogen) atoms. The molecule has 1 heterocycles. The molecule has 0 bridgehead atoms. The van der Waals surface area contributed by atoms with Crippen LogP contribution in [0.3, 0.4) is 0 Å². The highest BCUT2D eigenvalue weighted by Crippen LogP contribution is 2.21. The van der Waals surface area contributed by atoms with Crippen molar-refractivity contribution in [1.82, 2.24) is 9.13 Å². The summed E-state index contributed by atoms with van der Waals surface area (Å²) in [5.74, 6) is -2.10. The maximum Gasteiger partial charge on any atom is 0.342 e. The van der Waals surface area contributed by atoms with Crippen molar-refractivity contribution in [2.45, 2.75) is 27.0 Å². The van der Waals surface area contributed by atoms with Gasteiger partial charge in [-0.1, -0.05) is 38.1 Å². The van der Waals surface area contributed by atoms with E-state index in [2.05, 4.69) is 0 Å². The number of halogens is 1. The lowest BCUT2D eigenvalue weighted by atomic mass is 10.1. The average molecular weight is 483 g/mol. The SMILES string of the molecule is CC(C)Cn1c(N)c(C(=O)COC(=O)c2ccccc2OCc2ccc(F)cc2)c(=O)n(C)c1=O. The van der Waals surface area contributed by atoms with Crippen LogP contribution in [0.5, 0.6) is 5.75 Å². The largest absolute Gasteiger partial charge is 0.488 e. The van der Waals surface area contributed by atoms with E-state index in [-0.39, 0.29) is 42.0 Å².